The highest BCUT2D eigenvalue weighted by molar-refractivity contribution is 5.87. The maximum Gasteiger partial charge on any atom is 0.333 e. The van der Waals surface area contributed by atoms with Crippen LogP contribution in [-0.4, -0.2) is 80.3 Å². The molecule has 0 radical (unpaired) electrons. The number of hydrogen-bond donors (Lipinski definition) is 6. The van der Waals surface area contributed by atoms with E-state index in [2.05, 4.69) is 26.8 Å². The molecule has 244 valence electrons. The highest BCUT2D eigenvalue weighted by atomic mass is 16.6. The van der Waals surface area contributed by atoms with Gasteiger partial charge >= 0.3 is 5.97 Å². The van der Waals surface area contributed by atoms with Crippen LogP contribution in [0.3, 0.4) is 0 Å². The van der Waals surface area contributed by atoms with Crippen LogP contribution in [0.15, 0.2) is 23.3 Å². The van der Waals surface area contributed by atoms with Crippen molar-refractivity contribution in [3.8, 4) is 0 Å². The third kappa shape index (κ3) is 3.99. The topological polar surface area (TPSA) is 148 Å². The first kappa shape index (κ1) is 33.1. The quantitative estimate of drug-likeness (QED) is 0.162. The molecule has 5 aliphatic rings. The molecule has 13 atom stereocenters. The molecule has 0 saturated heterocycles. The molecular formula is C35H56O8. The monoisotopic (exact) mass is 604 g/mol. The Morgan fingerprint density at radius 1 is 0.930 bits per heavy atom. The van der Waals surface area contributed by atoms with Gasteiger partial charge in [-0.05, 0) is 81.0 Å². The van der Waals surface area contributed by atoms with Crippen molar-refractivity contribution in [3.05, 3.63) is 23.3 Å². The van der Waals surface area contributed by atoms with E-state index < -0.39 is 76.1 Å². The lowest BCUT2D eigenvalue weighted by atomic mass is 9.32. The fraction of sp³-hybridized carbons (Fsp3) is 0.857. The molecule has 0 spiro atoms. The average molecular weight is 605 g/mol. The molecule has 0 bridgehead atoms. The van der Waals surface area contributed by atoms with Crippen molar-refractivity contribution >= 4 is 5.97 Å². The summed E-state index contributed by atoms with van der Waals surface area (Å²) in [5.41, 5.74) is -2.88. The minimum Gasteiger partial charge on any atom is -0.456 e. The van der Waals surface area contributed by atoms with Gasteiger partial charge in [0.25, 0.3) is 0 Å². The van der Waals surface area contributed by atoms with E-state index in [1.807, 2.05) is 20.8 Å². The van der Waals surface area contributed by atoms with Crippen molar-refractivity contribution in [3.63, 3.8) is 0 Å². The Bertz CT molecular complexity index is 1190. The Kier molecular flexibility index (Phi) is 7.97. The molecule has 43 heavy (non-hydrogen) atoms. The smallest absolute Gasteiger partial charge is 0.333 e. The highest BCUT2D eigenvalue weighted by Crippen LogP contribution is 2.75. The first-order chi connectivity index (χ1) is 19.9. The van der Waals surface area contributed by atoms with Gasteiger partial charge in [0.15, 0.2) is 0 Å². The van der Waals surface area contributed by atoms with E-state index >= 15 is 0 Å². The Morgan fingerprint density at radius 3 is 2.16 bits per heavy atom. The summed E-state index contributed by atoms with van der Waals surface area (Å²) < 4.78 is 5.89. The zero-order chi connectivity index (χ0) is 32.1. The molecule has 8 nitrogen and oxygen atoms in total. The first-order valence-electron chi connectivity index (χ1n) is 16.4. The number of hydrogen-bond acceptors (Lipinski definition) is 8. The number of aliphatic hydroxyl groups excluding tert-OH is 6. The van der Waals surface area contributed by atoms with E-state index in [4.69, 9.17) is 4.74 Å². The standard InChI is InChI=1S/C35H56O8/c1-9-19(2)29(42)43-28-27(41)35(18-37)21(16-30(28,3)4)20-10-11-23-31(5)14-13-24(38)32(6,17-36)22(31)12-15-33(23,7)34(20,8)25(39)26(35)40/h9-10,21-28,36-41H,11-18H2,1-8H3/b19-9-/t21-,22+,23+,24?,25?,26?,27?,28?,31-,32+,33+,34-,35-/m0/s1. The summed E-state index contributed by atoms with van der Waals surface area (Å²) in [5.74, 6) is -0.748. The fourth-order valence-electron chi connectivity index (χ4n) is 11.5. The molecule has 5 unspecified atom stereocenters. The number of allylic oxidation sites excluding steroid dienone is 2. The second kappa shape index (κ2) is 10.4. The maximum absolute atomic E-state index is 12.9. The number of carbonyl (C=O) groups is 1. The molecular weight excluding hydrogens is 548 g/mol. The average Bonchev–Trinajstić information content (AvgIpc) is 2.96. The second-order valence-electron chi connectivity index (χ2n) is 16.5. The summed E-state index contributed by atoms with van der Waals surface area (Å²) in [7, 11) is 0. The molecule has 6 N–H and O–H groups in total. The van der Waals surface area contributed by atoms with E-state index in [1.54, 1.807) is 19.9 Å². The van der Waals surface area contributed by atoms with Crippen molar-refractivity contribution < 1.29 is 40.2 Å². The number of carbonyl (C=O) groups excluding carboxylic acids is 1. The predicted octanol–water partition coefficient (Wildman–Crippen LogP) is 3.51. The molecule has 0 amide bonds. The normalized spacial score (nSPS) is 52.6. The molecule has 8 heteroatoms. The van der Waals surface area contributed by atoms with Gasteiger partial charge in [0.2, 0.25) is 0 Å². The predicted molar refractivity (Wildman–Crippen MR) is 162 cm³/mol. The van der Waals surface area contributed by atoms with Crippen molar-refractivity contribution in [2.24, 2.45) is 50.2 Å². The number of fused-ring (bicyclic) bond motifs is 7. The van der Waals surface area contributed by atoms with Crippen LogP contribution >= 0.6 is 0 Å². The van der Waals surface area contributed by atoms with Crippen LogP contribution in [0.25, 0.3) is 0 Å². The Balaban J connectivity index is 1.62. The summed E-state index contributed by atoms with van der Waals surface area (Å²) in [6.07, 6.45) is 2.33. The van der Waals surface area contributed by atoms with Gasteiger partial charge in [0, 0.05) is 21.8 Å². The molecule has 0 aromatic heterocycles. The summed E-state index contributed by atoms with van der Waals surface area (Å²) in [5, 5.41) is 68.9. The van der Waals surface area contributed by atoms with Crippen LogP contribution in [0.1, 0.15) is 93.9 Å². The number of rotatable bonds is 4. The molecule has 0 aliphatic heterocycles. The molecule has 0 aromatic rings. The van der Waals surface area contributed by atoms with Crippen molar-refractivity contribution in [2.45, 2.75) is 124 Å². The van der Waals surface area contributed by atoms with E-state index in [0.717, 1.165) is 31.3 Å². The van der Waals surface area contributed by atoms with E-state index in [1.165, 1.54) is 0 Å². The molecule has 4 saturated carbocycles. The third-order valence-electron chi connectivity index (χ3n) is 14.6. The van der Waals surface area contributed by atoms with Crippen LogP contribution in [-0.2, 0) is 9.53 Å². The van der Waals surface area contributed by atoms with Gasteiger partial charge in [-0.15, -0.1) is 0 Å². The summed E-state index contributed by atoms with van der Waals surface area (Å²) in [6, 6.07) is 0. The van der Waals surface area contributed by atoms with Gasteiger partial charge < -0.3 is 35.4 Å². The second-order valence-corrected chi connectivity index (χ2v) is 16.5. The summed E-state index contributed by atoms with van der Waals surface area (Å²) in [6.45, 7) is 15.3. The van der Waals surface area contributed by atoms with Crippen molar-refractivity contribution in [2.75, 3.05) is 13.2 Å². The van der Waals surface area contributed by atoms with Gasteiger partial charge in [-0.1, -0.05) is 59.3 Å². The minimum absolute atomic E-state index is 0.0784. The number of esters is 1. The molecule has 0 heterocycles. The van der Waals surface area contributed by atoms with Gasteiger partial charge in [0.1, 0.15) is 12.2 Å². The summed E-state index contributed by atoms with van der Waals surface area (Å²) in [4.78, 5) is 12.9. The number of aliphatic hydroxyl groups is 6. The maximum atomic E-state index is 12.9. The lowest BCUT2D eigenvalue weighted by Gasteiger charge is -2.73. The fourth-order valence-corrected chi connectivity index (χ4v) is 11.5. The van der Waals surface area contributed by atoms with E-state index in [9.17, 15) is 35.4 Å². The van der Waals surface area contributed by atoms with Crippen LogP contribution in [0, 0.1) is 50.2 Å². The number of ether oxygens (including phenoxy) is 1. The van der Waals surface area contributed by atoms with Crippen LogP contribution in [0.4, 0.5) is 0 Å². The van der Waals surface area contributed by atoms with Gasteiger partial charge in [-0.25, -0.2) is 4.79 Å². The Hall–Kier alpha value is -1.29. The van der Waals surface area contributed by atoms with Crippen LogP contribution in [0.2, 0.25) is 0 Å². The third-order valence-corrected chi connectivity index (χ3v) is 14.6. The zero-order valence-electron chi connectivity index (χ0n) is 27.4. The molecule has 0 aromatic carbocycles. The SMILES string of the molecule is C/C=C(/C)C(=O)OC1C(O)[C@]2(CO)C(O)C(O)[C@]3(C)C(=CC[C@@H]4[C@@]5(C)CCC(O)[C@](C)(CO)[C@@H]5CC[C@]43C)[C@@H]2CC1(C)C. The van der Waals surface area contributed by atoms with Crippen molar-refractivity contribution in [1.82, 2.24) is 0 Å². The Morgan fingerprint density at radius 2 is 1.58 bits per heavy atom. The van der Waals surface area contributed by atoms with Gasteiger partial charge in [0.05, 0.1) is 36.9 Å². The van der Waals surface area contributed by atoms with E-state index in [-0.39, 0.29) is 23.9 Å². The first-order valence-corrected chi connectivity index (χ1v) is 16.4. The molecule has 5 rings (SSSR count). The van der Waals surface area contributed by atoms with Crippen LogP contribution in [0.5, 0.6) is 0 Å². The zero-order valence-corrected chi connectivity index (χ0v) is 27.4. The van der Waals surface area contributed by atoms with Crippen molar-refractivity contribution in [1.29, 1.82) is 0 Å². The molecule has 5 aliphatic carbocycles. The lowest BCUT2D eigenvalue weighted by Crippen LogP contribution is -2.76. The lowest BCUT2D eigenvalue weighted by molar-refractivity contribution is -0.291. The Labute approximate surface area is 257 Å². The molecule has 4 fully saturated rings. The van der Waals surface area contributed by atoms with Crippen LogP contribution < -0.4 is 0 Å². The highest BCUT2D eigenvalue weighted by Gasteiger charge is 2.75. The van der Waals surface area contributed by atoms with Gasteiger partial charge in [-0.2, -0.15) is 0 Å². The summed E-state index contributed by atoms with van der Waals surface area (Å²) >= 11 is 0. The minimum atomic E-state index is -1.51. The van der Waals surface area contributed by atoms with E-state index in [0.29, 0.717) is 18.4 Å². The largest absolute Gasteiger partial charge is 0.456 e. The van der Waals surface area contributed by atoms with Gasteiger partial charge in [-0.3, -0.25) is 0 Å².